The van der Waals surface area contributed by atoms with Crippen molar-refractivity contribution in [1.29, 1.82) is 0 Å². The minimum Gasteiger partial charge on any atom is -0.493 e. The molecule has 2 aliphatic heterocycles. The van der Waals surface area contributed by atoms with Crippen LogP contribution in [-0.2, 0) is 6.54 Å². The van der Waals surface area contributed by atoms with Gasteiger partial charge in [-0.15, -0.1) is 0 Å². The van der Waals surface area contributed by atoms with Gasteiger partial charge in [0.15, 0.2) is 11.5 Å². The van der Waals surface area contributed by atoms with Crippen LogP contribution in [0.4, 0.5) is 4.39 Å². The van der Waals surface area contributed by atoms with E-state index >= 15 is 0 Å². The quantitative estimate of drug-likeness (QED) is 0.541. The summed E-state index contributed by atoms with van der Waals surface area (Å²) in [6.45, 7) is -6.33. The standard InChI is InChI=1S/C26H26FNO3/c27-22-8-6-20(7-9-22)24-12-13-28(15-19-4-2-1-3-5-19)16-21(24)17-29-23-10-11-25-26(14-23)31-18-30-25/h1-11,14,21,24H,12-13,15-18H2/t21-,24-/m1/s1/i16D2,17D2,18D2. The molecule has 0 unspecified atom stereocenters. The van der Waals surface area contributed by atoms with Gasteiger partial charge < -0.3 is 14.2 Å². The summed E-state index contributed by atoms with van der Waals surface area (Å²) >= 11 is 0. The van der Waals surface area contributed by atoms with Crippen LogP contribution >= 0.6 is 0 Å². The summed E-state index contributed by atoms with van der Waals surface area (Å²) in [4.78, 5) is 1.61. The smallest absolute Gasteiger partial charge is 0.231 e. The summed E-state index contributed by atoms with van der Waals surface area (Å²) in [7, 11) is 0. The zero-order chi connectivity index (χ0) is 26.4. The predicted molar refractivity (Wildman–Crippen MR) is 117 cm³/mol. The highest BCUT2D eigenvalue weighted by Crippen LogP contribution is 2.37. The van der Waals surface area contributed by atoms with Crippen LogP contribution in [0.3, 0.4) is 0 Å². The summed E-state index contributed by atoms with van der Waals surface area (Å²) in [5, 5.41) is 0. The number of piperidine rings is 1. The third-order valence-corrected chi connectivity index (χ3v) is 5.47. The van der Waals surface area contributed by atoms with E-state index in [-0.39, 0.29) is 23.8 Å². The topological polar surface area (TPSA) is 30.9 Å². The van der Waals surface area contributed by atoms with Gasteiger partial charge in [-0.1, -0.05) is 42.5 Å². The lowest BCUT2D eigenvalue weighted by Gasteiger charge is -2.39. The Balaban J connectivity index is 1.49. The average Bonchev–Trinajstić information content (AvgIpc) is 3.14. The molecule has 1 fully saturated rings. The van der Waals surface area contributed by atoms with Gasteiger partial charge in [0.2, 0.25) is 6.75 Å². The van der Waals surface area contributed by atoms with Gasteiger partial charge in [-0.3, -0.25) is 4.90 Å². The van der Waals surface area contributed by atoms with Gasteiger partial charge in [-0.25, -0.2) is 4.39 Å². The van der Waals surface area contributed by atoms with E-state index in [1.54, 1.807) is 17.0 Å². The fraction of sp³-hybridized carbons (Fsp3) is 0.308. The molecule has 2 atom stereocenters. The highest BCUT2D eigenvalue weighted by Gasteiger charge is 2.31. The molecular formula is C26H26FNO3. The van der Waals surface area contributed by atoms with Crippen LogP contribution in [0.25, 0.3) is 0 Å². The monoisotopic (exact) mass is 425 g/mol. The molecule has 1 saturated heterocycles. The minimum absolute atomic E-state index is 0.0406. The maximum absolute atomic E-state index is 13.7. The maximum Gasteiger partial charge on any atom is 0.231 e. The second kappa shape index (κ2) is 8.98. The molecule has 0 spiro atoms. The lowest BCUT2D eigenvalue weighted by Crippen LogP contribution is -2.41. The summed E-state index contributed by atoms with van der Waals surface area (Å²) in [6, 6.07) is 19.3. The summed E-state index contributed by atoms with van der Waals surface area (Å²) in [6.07, 6.45) is 0.437. The first-order valence-electron chi connectivity index (χ1n) is 13.2. The Morgan fingerprint density at radius 1 is 1.03 bits per heavy atom. The molecule has 3 aromatic carbocycles. The van der Waals surface area contributed by atoms with E-state index in [0.717, 1.165) is 5.56 Å². The summed E-state index contributed by atoms with van der Waals surface area (Å²) in [5.41, 5.74) is 1.53. The van der Waals surface area contributed by atoms with Gasteiger partial charge in [0, 0.05) is 27.8 Å². The zero-order valence-corrected chi connectivity index (χ0v) is 16.8. The van der Waals surface area contributed by atoms with Crippen molar-refractivity contribution >= 4 is 0 Å². The van der Waals surface area contributed by atoms with Crippen LogP contribution in [-0.4, -0.2) is 31.2 Å². The first-order chi connectivity index (χ1) is 17.4. The second-order valence-corrected chi connectivity index (χ2v) is 7.58. The molecule has 5 heteroatoms. The number of ether oxygens (including phenoxy) is 3. The minimum atomic E-state index is -2.51. The number of likely N-dealkylation sites (tertiary alicyclic amines) is 1. The normalized spacial score (nSPS) is 27.1. The van der Waals surface area contributed by atoms with Gasteiger partial charge in [-0.2, -0.15) is 0 Å². The number of hydrogen-bond donors (Lipinski definition) is 0. The Morgan fingerprint density at radius 2 is 1.84 bits per heavy atom. The molecule has 0 aromatic heterocycles. The highest BCUT2D eigenvalue weighted by atomic mass is 19.1. The van der Waals surface area contributed by atoms with E-state index in [1.165, 1.54) is 30.3 Å². The molecule has 0 bridgehead atoms. The Kier molecular flexibility index (Phi) is 4.08. The Hall–Kier alpha value is -3.05. The van der Waals surface area contributed by atoms with Crippen LogP contribution in [0.1, 0.15) is 31.7 Å². The van der Waals surface area contributed by atoms with Crippen molar-refractivity contribution in [1.82, 2.24) is 4.90 Å². The van der Waals surface area contributed by atoms with Crippen LogP contribution in [0.5, 0.6) is 17.2 Å². The van der Waals surface area contributed by atoms with E-state index < -0.39 is 37.5 Å². The van der Waals surface area contributed by atoms with Gasteiger partial charge in [0.25, 0.3) is 0 Å². The number of benzene rings is 3. The molecule has 0 N–H and O–H groups in total. The van der Waals surface area contributed by atoms with E-state index in [2.05, 4.69) is 0 Å². The van der Waals surface area contributed by atoms with Crippen molar-refractivity contribution in [3.05, 3.63) is 89.7 Å². The largest absolute Gasteiger partial charge is 0.493 e. The molecular weight excluding hydrogens is 393 g/mol. The Labute approximate surface area is 190 Å². The zero-order valence-electron chi connectivity index (χ0n) is 22.8. The van der Waals surface area contributed by atoms with Crippen molar-refractivity contribution in [2.45, 2.75) is 18.9 Å². The summed E-state index contributed by atoms with van der Waals surface area (Å²) < 4.78 is 80.9. The maximum atomic E-state index is 13.7. The molecule has 2 aliphatic rings. The van der Waals surface area contributed by atoms with E-state index in [1.807, 2.05) is 30.3 Å². The van der Waals surface area contributed by atoms with Crippen LogP contribution in [0.15, 0.2) is 72.8 Å². The first kappa shape index (κ1) is 14.1. The molecule has 3 aromatic rings. The van der Waals surface area contributed by atoms with Crippen molar-refractivity contribution < 1.29 is 26.8 Å². The van der Waals surface area contributed by atoms with Crippen molar-refractivity contribution in [2.24, 2.45) is 5.92 Å². The van der Waals surface area contributed by atoms with Crippen molar-refractivity contribution in [2.75, 3.05) is 26.3 Å². The van der Waals surface area contributed by atoms with E-state index in [9.17, 15) is 4.39 Å². The molecule has 0 amide bonds. The number of halogens is 1. The lowest BCUT2D eigenvalue weighted by molar-refractivity contribution is 0.106. The van der Waals surface area contributed by atoms with Crippen LogP contribution in [0.2, 0.25) is 0 Å². The van der Waals surface area contributed by atoms with Crippen molar-refractivity contribution in [3.8, 4) is 17.2 Å². The van der Waals surface area contributed by atoms with E-state index in [4.69, 9.17) is 22.4 Å². The number of fused-ring (bicyclic) bond motifs is 1. The number of rotatable bonds is 6. The number of hydrogen-bond acceptors (Lipinski definition) is 4. The molecule has 31 heavy (non-hydrogen) atoms. The van der Waals surface area contributed by atoms with Gasteiger partial charge in [0.1, 0.15) is 14.3 Å². The Bertz CT molecular complexity index is 1260. The van der Waals surface area contributed by atoms with Crippen LogP contribution in [0, 0.1) is 11.7 Å². The molecule has 160 valence electrons. The third-order valence-electron chi connectivity index (χ3n) is 5.47. The molecule has 4 nitrogen and oxygen atoms in total. The molecule has 2 heterocycles. The average molecular weight is 426 g/mol. The van der Waals surface area contributed by atoms with Crippen molar-refractivity contribution in [3.63, 3.8) is 0 Å². The van der Waals surface area contributed by atoms with Gasteiger partial charge >= 0.3 is 0 Å². The molecule has 0 saturated carbocycles. The molecule has 5 rings (SSSR count). The first-order valence-corrected chi connectivity index (χ1v) is 10.2. The highest BCUT2D eigenvalue weighted by molar-refractivity contribution is 5.46. The Morgan fingerprint density at radius 3 is 2.68 bits per heavy atom. The predicted octanol–water partition coefficient (Wildman–Crippen LogP) is 5.24. The third kappa shape index (κ3) is 4.67. The lowest BCUT2D eigenvalue weighted by atomic mass is 9.80. The summed E-state index contributed by atoms with van der Waals surface area (Å²) in [5.74, 6) is -2.06. The van der Waals surface area contributed by atoms with Gasteiger partial charge in [0.05, 0.1) is 9.30 Å². The second-order valence-electron chi connectivity index (χ2n) is 7.58. The van der Waals surface area contributed by atoms with Gasteiger partial charge in [-0.05, 0) is 54.3 Å². The SMILES string of the molecule is [2H]C1([2H])Oc2ccc(OC([2H])([2H])[C@@H]3[C@@H](c4ccc(F)cc4)CCN(Cc4ccccc4)C3([2H])[2H])cc2O1. The molecule has 0 radical (unpaired) electrons. The number of nitrogens with zero attached hydrogens (tertiary/aromatic N) is 1. The molecule has 0 aliphatic carbocycles. The van der Waals surface area contributed by atoms with Crippen LogP contribution < -0.4 is 14.2 Å². The van der Waals surface area contributed by atoms with E-state index in [0.29, 0.717) is 18.5 Å². The fourth-order valence-electron chi connectivity index (χ4n) is 3.88. The fourth-order valence-corrected chi connectivity index (χ4v) is 3.88.